The zero-order valence-electron chi connectivity index (χ0n) is 14.0. The molecule has 0 saturated heterocycles. The fraction of sp³-hybridized carbons (Fsp3) is 0.800. The van der Waals surface area contributed by atoms with Gasteiger partial charge in [-0.25, -0.2) is 13.1 Å². The molecule has 7 heteroatoms. The number of rotatable bonds is 6. The molecule has 0 radical (unpaired) electrons. The van der Waals surface area contributed by atoms with Crippen molar-refractivity contribution in [2.24, 2.45) is 17.6 Å². The van der Waals surface area contributed by atoms with Crippen molar-refractivity contribution in [2.45, 2.75) is 64.4 Å². The summed E-state index contributed by atoms with van der Waals surface area (Å²) in [6.07, 6.45) is 2.88. The third-order valence-corrected chi connectivity index (χ3v) is 6.13. The highest BCUT2D eigenvalue weighted by Crippen LogP contribution is 2.27. The van der Waals surface area contributed by atoms with Gasteiger partial charge in [-0.3, -0.25) is 4.68 Å². The molecule has 0 aliphatic heterocycles. The second-order valence-electron chi connectivity index (χ2n) is 6.73. The van der Waals surface area contributed by atoms with Crippen molar-refractivity contribution < 1.29 is 8.42 Å². The Hall–Kier alpha value is -0.920. The lowest BCUT2D eigenvalue weighted by Gasteiger charge is -2.19. The fourth-order valence-corrected chi connectivity index (χ4v) is 5.08. The zero-order chi connectivity index (χ0) is 16.5. The Morgan fingerprint density at radius 3 is 2.64 bits per heavy atom. The average molecular weight is 328 g/mol. The van der Waals surface area contributed by atoms with Crippen LogP contribution in [0.5, 0.6) is 0 Å². The van der Waals surface area contributed by atoms with Crippen molar-refractivity contribution >= 4 is 10.0 Å². The molecule has 22 heavy (non-hydrogen) atoms. The Labute approximate surface area is 133 Å². The summed E-state index contributed by atoms with van der Waals surface area (Å²) < 4.78 is 30.2. The lowest BCUT2D eigenvalue weighted by Crippen LogP contribution is -2.40. The van der Waals surface area contributed by atoms with E-state index >= 15 is 0 Å². The zero-order valence-corrected chi connectivity index (χ0v) is 14.8. The van der Waals surface area contributed by atoms with Crippen LogP contribution in [0.25, 0.3) is 0 Å². The number of hydrogen-bond donors (Lipinski definition) is 2. The van der Waals surface area contributed by atoms with Gasteiger partial charge in [0.2, 0.25) is 10.0 Å². The Morgan fingerprint density at radius 2 is 2.05 bits per heavy atom. The average Bonchev–Trinajstić information content (AvgIpc) is 2.93. The minimum atomic E-state index is -3.55. The van der Waals surface area contributed by atoms with Crippen LogP contribution in [0, 0.1) is 25.7 Å². The number of nitrogens with zero attached hydrogens (tertiary/aromatic N) is 2. The highest BCUT2D eigenvalue weighted by atomic mass is 32.2. The number of nitrogens with two attached hydrogens (primary N) is 1. The van der Waals surface area contributed by atoms with E-state index in [0.29, 0.717) is 28.7 Å². The van der Waals surface area contributed by atoms with Crippen LogP contribution in [0.3, 0.4) is 0 Å². The van der Waals surface area contributed by atoms with E-state index in [0.717, 1.165) is 25.8 Å². The first kappa shape index (κ1) is 17.4. The van der Waals surface area contributed by atoms with E-state index in [9.17, 15) is 8.42 Å². The van der Waals surface area contributed by atoms with Crippen molar-refractivity contribution in [2.75, 3.05) is 6.54 Å². The number of sulfonamides is 1. The van der Waals surface area contributed by atoms with E-state index in [4.69, 9.17) is 5.73 Å². The maximum absolute atomic E-state index is 12.8. The molecule has 0 aromatic carbocycles. The van der Waals surface area contributed by atoms with Crippen LogP contribution in [0.15, 0.2) is 4.90 Å². The van der Waals surface area contributed by atoms with Crippen LogP contribution >= 0.6 is 0 Å². The SMILES string of the molecule is Cc1nn(CC(C)C)c(C)c1S(=O)(=O)NC1CCCC1CN. The van der Waals surface area contributed by atoms with Gasteiger partial charge in [0, 0.05) is 12.6 Å². The number of aryl methyl sites for hydroxylation is 1. The molecular weight excluding hydrogens is 300 g/mol. The lowest BCUT2D eigenvalue weighted by atomic mass is 10.1. The van der Waals surface area contributed by atoms with E-state index in [-0.39, 0.29) is 12.0 Å². The Morgan fingerprint density at radius 1 is 1.36 bits per heavy atom. The third-order valence-electron chi connectivity index (χ3n) is 4.39. The standard InChI is InChI=1S/C15H28N4O2S/c1-10(2)9-19-12(4)15(11(3)17-19)22(20,21)18-14-7-5-6-13(14)8-16/h10,13-14,18H,5-9,16H2,1-4H3. The highest BCUT2D eigenvalue weighted by Gasteiger charge is 2.33. The number of hydrogen-bond acceptors (Lipinski definition) is 4. The summed E-state index contributed by atoms with van der Waals surface area (Å²) in [4.78, 5) is 0.329. The van der Waals surface area contributed by atoms with Crippen molar-refractivity contribution in [3.8, 4) is 0 Å². The van der Waals surface area contributed by atoms with Crippen LogP contribution in [0.4, 0.5) is 0 Å². The molecular formula is C15H28N4O2S. The molecule has 2 rings (SSSR count). The molecule has 1 fully saturated rings. The van der Waals surface area contributed by atoms with E-state index in [2.05, 4.69) is 23.7 Å². The summed E-state index contributed by atoms with van der Waals surface area (Å²) in [6.45, 7) is 9.01. The van der Waals surface area contributed by atoms with Crippen molar-refractivity contribution in [3.05, 3.63) is 11.4 Å². The molecule has 1 aliphatic carbocycles. The van der Waals surface area contributed by atoms with Crippen LogP contribution in [-0.2, 0) is 16.6 Å². The molecule has 2 atom stereocenters. The maximum atomic E-state index is 12.8. The van der Waals surface area contributed by atoms with E-state index in [1.165, 1.54) is 0 Å². The van der Waals surface area contributed by atoms with Gasteiger partial charge in [0.25, 0.3) is 0 Å². The fourth-order valence-electron chi connectivity index (χ4n) is 3.33. The van der Waals surface area contributed by atoms with Gasteiger partial charge in [-0.05, 0) is 45.1 Å². The van der Waals surface area contributed by atoms with Gasteiger partial charge in [-0.15, -0.1) is 0 Å². The van der Waals surface area contributed by atoms with E-state index < -0.39 is 10.0 Å². The molecule has 126 valence electrons. The molecule has 1 aromatic heterocycles. The van der Waals surface area contributed by atoms with Gasteiger partial charge in [-0.2, -0.15) is 5.10 Å². The van der Waals surface area contributed by atoms with E-state index in [1.54, 1.807) is 11.6 Å². The van der Waals surface area contributed by atoms with Gasteiger partial charge >= 0.3 is 0 Å². The molecule has 1 aromatic rings. The molecule has 1 aliphatic rings. The quantitative estimate of drug-likeness (QED) is 0.829. The van der Waals surface area contributed by atoms with E-state index in [1.807, 2.05) is 6.92 Å². The maximum Gasteiger partial charge on any atom is 0.244 e. The van der Waals surface area contributed by atoms with Crippen LogP contribution in [0.1, 0.15) is 44.5 Å². The van der Waals surface area contributed by atoms with Gasteiger partial charge in [-0.1, -0.05) is 20.3 Å². The van der Waals surface area contributed by atoms with Gasteiger partial charge in [0.05, 0.1) is 11.4 Å². The van der Waals surface area contributed by atoms with Crippen LogP contribution < -0.4 is 10.5 Å². The van der Waals surface area contributed by atoms with Crippen LogP contribution in [0.2, 0.25) is 0 Å². The molecule has 2 unspecified atom stereocenters. The summed E-state index contributed by atoms with van der Waals surface area (Å²) in [7, 11) is -3.55. The largest absolute Gasteiger partial charge is 0.330 e. The Bertz CT molecular complexity index is 622. The van der Waals surface area contributed by atoms with Crippen molar-refractivity contribution in [1.29, 1.82) is 0 Å². The Kier molecular flexibility index (Phi) is 5.29. The summed E-state index contributed by atoms with van der Waals surface area (Å²) >= 11 is 0. The molecule has 0 spiro atoms. The minimum absolute atomic E-state index is 0.0535. The normalized spacial score (nSPS) is 22.6. The van der Waals surface area contributed by atoms with Gasteiger partial charge < -0.3 is 5.73 Å². The molecule has 3 N–H and O–H groups in total. The molecule has 6 nitrogen and oxygen atoms in total. The molecule has 0 amide bonds. The van der Waals surface area contributed by atoms with Crippen molar-refractivity contribution in [3.63, 3.8) is 0 Å². The second kappa shape index (κ2) is 6.68. The smallest absolute Gasteiger partial charge is 0.244 e. The Balaban J connectivity index is 2.28. The summed E-state index contributed by atoms with van der Waals surface area (Å²) in [5, 5.41) is 4.40. The first-order chi connectivity index (χ1) is 10.3. The number of nitrogens with one attached hydrogen (secondary N) is 1. The topological polar surface area (TPSA) is 90.0 Å². The molecule has 1 saturated carbocycles. The van der Waals surface area contributed by atoms with Crippen molar-refractivity contribution in [1.82, 2.24) is 14.5 Å². The second-order valence-corrected chi connectivity index (χ2v) is 8.38. The van der Waals surface area contributed by atoms with Gasteiger partial charge in [0.1, 0.15) is 4.90 Å². The monoisotopic (exact) mass is 328 g/mol. The highest BCUT2D eigenvalue weighted by molar-refractivity contribution is 7.89. The summed E-state index contributed by atoms with van der Waals surface area (Å²) in [6, 6.07) is -0.0535. The predicted octanol–water partition coefficient (Wildman–Crippen LogP) is 1.56. The lowest BCUT2D eigenvalue weighted by molar-refractivity contribution is 0.452. The van der Waals surface area contributed by atoms with Gasteiger partial charge in [0.15, 0.2) is 0 Å². The summed E-state index contributed by atoms with van der Waals surface area (Å²) in [5.74, 6) is 0.652. The first-order valence-corrected chi connectivity index (χ1v) is 9.51. The van der Waals surface area contributed by atoms with Crippen LogP contribution in [-0.4, -0.2) is 30.8 Å². The first-order valence-electron chi connectivity index (χ1n) is 8.02. The molecule has 1 heterocycles. The molecule has 0 bridgehead atoms. The third kappa shape index (κ3) is 3.52. The predicted molar refractivity (Wildman–Crippen MR) is 87.0 cm³/mol. The minimum Gasteiger partial charge on any atom is -0.330 e. The summed E-state index contributed by atoms with van der Waals surface area (Å²) in [5.41, 5.74) is 7.02. The number of aromatic nitrogens is 2.